The largest absolute Gasteiger partial charge is 0.481 e. The van der Waals surface area contributed by atoms with Crippen LogP contribution in [0.1, 0.15) is 25.3 Å². The van der Waals surface area contributed by atoms with Gasteiger partial charge in [0, 0.05) is 9.50 Å². The summed E-state index contributed by atoms with van der Waals surface area (Å²) in [5.41, 5.74) is 0.959. The summed E-state index contributed by atoms with van der Waals surface area (Å²) in [6, 6.07) is 10.6. The smallest absolute Gasteiger partial charge is 0.349 e. The van der Waals surface area contributed by atoms with E-state index in [0.717, 1.165) is 10.0 Å². The highest BCUT2D eigenvalue weighted by atomic mass is 79.9. The van der Waals surface area contributed by atoms with Crippen molar-refractivity contribution in [1.82, 2.24) is 0 Å². The Labute approximate surface area is 157 Å². The van der Waals surface area contributed by atoms with Gasteiger partial charge in [-0.25, -0.2) is 4.79 Å². The topological polar surface area (TPSA) is 35.5 Å². The Balaban J connectivity index is 2.03. The first-order valence-corrected chi connectivity index (χ1v) is 8.91. The Morgan fingerprint density at radius 1 is 1.13 bits per heavy atom. The van der Waals surface area contributed by atoms with Gasteiger partial charge in [0.25, 0.3) is 0 Å². The van der Waals surface area contributed by atoms with Crippen LogP contribution in [0.4, 0.5) is 0 Å². The van der Waals surface area contributed by atoms with E-state index in [-0.39, 0.29) is 12.5 Å². The van der Waals surface area contributed by atoms with Crippen molar-refractivity contribution < 1.29 is 14.3 Å². The number of halogens is 3. The molecule has 6 heteroatoms. The van der Waals surface area contributed by atoms with Crippen LogP contribution in [-0.4, -0.2) is 12.6 Å². The molecular weight excluding hydrogens is 447 g/mol. The Morgan fingerprint density at radius 2 is 1.83 bits per heavy atom. The maximum atomic E-state index is 12.0. The van der Waals surface area contributed by atoms with E-state index in [2.05, 4.69) is 31.9 Å². The number of rotatable bonds is 5. The molecule has 0 saturated carbocycles. The first-order valence-electron chi connectivity index (χ1n) is 6.95. The van der Waals surface area contributed by atoms with E-state index in [9.17, 15) is 4.79 Å². The SMILES string of the molecule is CC(C)c1cc(Br)ccc1OC(=O)COc1ccc(Cl)cc1Br. The van der Waals surface area contributed by atoms with Crippen molar-refractivity contribution in [3.63, 3.8) is 0 Å². The number of carbonyl (C=O) groups is 1. The highest BCUT2D eigenvalue weighted by Gasteiger charge is 2.13. The first kappa shape index (κ1) is 18.3. The predicted molar refractivity (Wildman–Crippen MR) is 98.5 cm³/mol. The normalized spacial score (nSPS) is 10.7. The summed E-state index contributed by atoms with van der Waals surface area (Å²) >= 11 is 12.6. The summed E-state index contributed by atoms with van der Waals surface area (Å²) in [4.78, 5) is 12.0. The van der Waals surface area contributed by atoms with Crippen LogP contribution < -0.4 is 9.47 Å². The maximum Gasteiger partial charge on any atom is 0.349 e. The lowest BCUT2D eigenvalue weighted by Crippen LogP contribution is -2.18. The van der Waals surface area contributed by atoms with Crippen molar-refractivity contribution in [3.05, 3.63) is 55.9 Å². The molecule has 0 spiro atoms. The molecule has 0 bridgehead atoms. The van der Waals surface area contributed by atoms with Gasteiger partial charge >= 0.3 is 5.97 Å². The molecule has 0 unspecified atom stereocenters. The fourth-order valence-electron chi connectivity index (χ4n) is 1.94. The lowest BCUT2D eigenvalue weighted by atomic mass is 10.0. The molecule has 3 nitrogen and oxygen atoms in total. The summed E-state index contributed by atoms with van der Waals surface area (Å²) < 4.78 is 12.5. The molecule has 2 aromatic rings. The third-order valence-electron chi connectivity index (χ3n) is 3.06. The van der Waals surface area contributed by atoms with Gasteiger partial charge in [0.2, 0.25) is 0 Å². The van der Waals surface area contributed by atoms with Crippen LogP contribution >= 0.6 is 43.5 Å². The summed E-state index contributed by atoms with van der Waals surface area (Å²) in [7, 11) is 0. The molecule has 0 aliphatic rings. The molecular formula is C17H15Br2ClO3. The van der Waals surface area contributed by atoms with Crippen LogP contribution in [-0.2, 0) is 4.79 Å². The lowest BCUT2D eigenvalue weighted by Gasteiger charge is -2.14. The van der Waals surface area contributed by atoms with Crippen molar-refractivity contribution >= 4 is 49.4 Å². The van der Waals surface area contributed by atoms with Crippen molar-refractivity contribution in [2.75, 3.05) is 6.61 Å². The van der Waals surface area contributed by atoms with E-state index >= 15 is 0 Å². The number of ether oxygens (including phenoxy) is 2. The van der Waals surface area contributed by atoms with Crippen molar-refractivity contribution in [2.45, 2.75) is 19.8 Å². The van der Waals surface area contributed by atoms with Crippen LogP contribution in [0.15, 0.2) is 45.3 Å². The Hall–Kier alpha value is -1.04. The second kappa shape index (κ2) is 8.18. The molecule has 0 radical (unpaired) electrons. The summed E-state index contributed by atoms with van der Waals surface area (Å²) in [6.07, 6.45) is 0. The Morgan fingerprint density at radius 3 is 2.48 bits per heavy atom. The van der Waals surface area contributed by atoms with E-state index in [1.54, 1.807) is 24.3 Å². The van der Waals surface area contributed by atoms with Gasteiger partial charge in [-0.2, -0.15) is 0 Å². The van der Waals surface area contributed by atoms with Crippen molar-refractivity contribution in [3.8, 4) is 11.5 Å². The third kappa shape index (κ3) is 5.23. The summed E-state index contributed by atoms with van der Waals surface area (Å²) in [5.74, 6) is 0.857. The molecule has 0 heterocycles. The highest BCUT2D eigenvalue weighted by molar-refractivity contribution is 9.10. The zero-order valence-electron chi connectivity index (χ0n) is 12.6. The van der Waals surface area contributed by atoms with Crippen molar-refractivity contribution in [2.24, 2.45) is 0 Å². The molecule has 2 rings (SSSR count). The van der Waals surface area contributed by atoms with Crippen LogP contribution in [0.25, 0.3) is 0 Å². The summed E-state index contributed by atoms with van der Waals surface area (Å²) in [6.45, 7) is 3.90. The second-order valence-electron chi connectivity index (χ2n) is 5.17. The number of benzene rings is 2. The molecule has 0 amide bonds. The molecule has 0 aliphatic heterocycles. The number of hydrogen-bond acceptors (Lipinski definition) is 3. The van der Waals surface area contributed by atoms with E-state index in [4.69, 9.17) is 21.1 Å². The minimum absolute atomic E-state index is 0.187. The zero-order chi connectivity index (χ0) is 17.0. The van der Waals surface area contributed by atoms with Gasteiger partial charge in [0.15, 0.2) is 6.61 Å². The van der Waals surface area contributed by atoms with Crippen LogP contribution in [0.2, 0.25) is 5.02 Å². The van der Waals surface area contributed by atoms with E-state index in [0.29, 0.717) is 21.0 Å². The van der Waals surface area contributed by atoms with Gasteiger partial charge in [-0.15, -0.1) is 0 Å². The number of carbonyl (C=O) groups excluding carboxylic acids is 1. The molecule has 23 heavy (non-hydrogen) atoms. The monoisotopic (exact) mass is 460 g/mol. The molecule has 0 atom stereocenters. The molecule has 2 aromatic carbocycles. The van der Waals surface area contributed by atoms with Crippen LogP contribution in [0.5, 0.6) is 11.5 Å². The number of esters is 1. The second-order valence-corrected chi connectivity index (χ2v) is 7.38. The average molecular weight is 463 g/mol. The Bertz CT molecular complexity index is 717. The van der Waals surface area contributed by atoms with Gasteiger partial charge < -0.3 is 9.47 Å². The molecule has 0 saturated heterocycles. The maximum absolute atomic E-state index is 12.0. The molecule has 122 valence electrons. The fraction of sp³-hybridized carbons (Fsp3) is 0.235. The van der Waals surface area contributed by atoms with Gasteiger partial charge in [0.05, 0.1) is 4.47 Å². The van der Waals surface area contributed by atoms with Gasteiger partial charge in [-0.1, -0.05) is 41.4 Å². The number of hydrogen-bond donors (Lipinski definition) is 0. The standard InChI is InChI=1S/C17H15Br2ClO3/c1-10(2)13-7-11(18)3-5-15(13)23-17(21)9-22-16-6-4-12(20)8-14(16)19/h3-8,10H,9H2,1-2H3. The Kier molecular flexibility index (Phi) is 6.50. The molecule has 0 fully saturated rings. The van der Waals surface area contributed by atoms with Gasteiger partial charge in [-0.05, 0) is 63.8 Å². The molecule has 0 N–H and O–H groups in total. The first-order chi connectivity index (χ1) is 10.9. The fourth-order valence-corrected chi connectivity index (χ4v) is 3.12. The van der Waals surface area contributed by atoms with E-state index in [1.807, 2.05) is 26.0 Å². The average Bonchev–Trinajstić information content (AvgIpc) is 2.48. The van der Waals surface area contributed by atoms with Crippen molar-refractivity contribution in [1.29, 1.82) is 0 Å². The minimum Gasteiger partial charge on any atom is -0.481 e. The molecule has 0 aliphatic carbocycles. The van der Waals surface area contributed by atoms with Crippen LogP contribution in [0, 0.1) is 0 Å². The highest BCUT2D eigenvalue weighted by Crippen LogP contribution is 2.30. The third-order valence-corrected chi connectivity index (χ3v) is 4.41. The predicted octanol–water partition coefficient (Wildman–Crippen LogP) is 5.97. The van der Waals surface area contributed by atoms with Crippen LogP contribution in [0.3, 0.4) is 0 Å². The van der Waals surface area contributed by atoms with Gasteiger partial charge in [-0.3, -0.25) is 0 Å². The minimum atomic E-state index is -0.462. The zero-order valence-corrected chi connectivity index (χ0v) is 16.5. The lowest BCUT2D eigenvalue weighted by molar-refractivity contribution is -0.136. The quantitative estimate of drug-likeness (QED) is 0.406. The van der Waals surface area contributed by atoms with Gasteiger partial charge in [0.1, 0.15) is 11.5 Å². The summed E-state index contributed by atoms with van der Waals surface area (Å²) in [5, 5.41) is 0.586. The molecule has 0 aromatic heterocycles. The van der Waals surface area contributed by atoms with E-state index in [1.165, 1.54) is 0 Å². The van der Waals surface area contributed by atoms with E-state index < -0.39 is 5.97 Å².